The number of hydrogen-bond donors (Lipinski definition) is 0. The number of aryl methyl sites for hydroxylation is 2. The second-order valence-corrected chi connectivity index (χ2v) is 7.69. The van der Waals surface area contributed by atoms with E-state index >= 15 is 0 Å². The van der Waals surface area contributed by atoms with E-state index in [0.717, 1.165) is 33.4 Å². The lowest BCUT2D eigenvalue weighted by Crippen LogP contribution is -2.07. The van der Waals surface area contributed by atoms with Crippen LogP contribution < -0.4 is 0 Å². The second-order valence-electron chi connectivity index (χ2n) is 7.69. The molecule has 3 aromatic rings. The molecule has 0 fully saturated rings. The molecule has 0 aliphatic rings. The summed E-state index contributed by atoms with van der Waals surface area (Å²) in [6.07, 6.45) is 3.34. The maximum Gasteiger partial charge on any atom is 0.106 e. The number of ether oxygens (including phenoxy) is 1. The smallest absolute Gasteiger partial charge is 0.106 e. The van der Waals surface area contributed by atoms with Crippen LogP contribution in [0.1, 0.15) is 47.8 Å². The van der Waals surface area contributed by atoms with E-state index in [2.05, 4.69) is 67.4 Å². The third kappa shape index (κ3) is 5.57. The first kappa shape index (κ1) is 22.2. The van der Waals surface area contributed by atoms with E-state index in [1.165, 1.54) is 5.56 Å². The third-order valence-electron chi connectivity index (χ3n) is 5.28. The zero-order chi connectivity index (χ0) is 22.2. The predicted octanol–water partition coefficient (Wildman–Crippen LogP) is 7.09. The summed E-state index contributed by atoms with van der Waals surface area (Å²) in [5, 5.41) is 9.69. The van der Waals surface area contributed by atoms with Gasteiger partial charge < -0.3 is 4.74 Å². The number of benzene rings is 3. The van der Waals surface area contributed by atoms with Gasteiger partial charge in [-0.15, -0.1) is 0 Å². The molecule has 0 radical (unpaired) electrons. The van der Waals surface area contributed by atoms with Crippen LogP contribution in [0, 0.1) is 25.2 Å². The standard InChI is InChI=1S/C28H28N2O/c1-5-30-18-22(4)28(31-19-23-12-10-20(2)11-13-23)24-14-15-25(17-29)27(16-24)26-9-7-6-8-21(26)3/h5-16,18,28H,19H2,1-4H3/b22-18+,30-5?. The molecule has 0 bridgehead atoms. The van der Waals surface area contributed by atoms with Crippen LogP contribution in [0.4, 0.5) is 0 Å². The van der Waals surface area contributed by atoms with Crippen molar-refractivity contribution in [3.8, 4) is 17.2 Å². The molecule has 0 saturated carbocycles. The molecule has 0 amide bonds. The highest BCUT2D eigenvalue weighted by Crippen LogP contribution is 2.33. The van der Waals surface area contributed by atoms with Gasteiger partial charge in [0.05, 0.1) is 18.2 Å². The average molecular weight is 409 g/mol. The molecule has 0 aliphatic heterocycles. The molecule has 0 aliphatic carbocycles. The van der Waals surface area contributed by atoms with Crippen molar-refractivity contribution in [3.05, 3.63) is 106 Å². The van der Waals surface area contributed by atoms with Gasteiger partial charge >= 0.3 is 0 Å². The summed E-state index contributed by atoms with van der Waals surface area (Å²) in [5.41, 5.74) is 8.13. The van der Waals surface area contributed by atoms with E-state index < -0.39 is 0 Å². The summed E-state index contributed by atoms with van der Waals surface area (Å²) < 4.78 is 6.38. The van der Waals surface area contributed by atoms with E-state index in [0.29, 0.717) is 12.2 Å². The van der Waals surface area contributed by atoms with E-state index in [-0.39, 0.29) is 6.10 Å². The first-order valence-electron chi connectivity index (χ1n) is 10.4. The maximum absolute atomic E-state index is 9.69. The van der Waals surface area contributed by atoms with Crippen LogP contribution in [0.2, 0.25) is 0 Å². The fourth-order valence-corrected chi connectivity index (χ4v) is 3.53. The molecule has 3 nitrogen and oxygen atoms in total. The third-order valence-corrected chi connectivity index (χ3v) is 5.28. The van der Waals surface area contributed by atoms with Crippen LogP contribution in [0.5, 0.6) is 0 Å². The average Bonchev–Trinajstić information content (AvgIpc) is 2.79. The zero-order valence-corrected chi connectivity index (χ0v) is 18.6. The largest absolute Gasteiger partial charge is 0.364 e. The molecule has 156 valence electrons. The fraction of sp³-hybridized carbons (Fsp3) is 0.214. The number of hydrogen-bond acceptors (Lipinski definition) is 3. The molecule has 31 heavy (non-hydrogen) atoms. The van der Waals surface area contributed by atoms with Crippen molar-refractivity contribution in [2.45, 2.75) is 40.4 Å². The van der Waals surface area contributed by atoms with Crippen LogP contribution in [-0.2, 0) is 11.3 Å². The van der Waals surface area contributed by atoms with E-state index in [1.807, 2.05) is 44.3 Å². The molecule has 0 spiro atoms. The quantitative estimate of drug-likeness (QED) is 0.392. The Hall–Kier alpha value is -3.48. The highest BCUT2D eigenvalue weighted by Gasteiger charge is 2.18. The van der Waals surface area contributed by atoms with Gasteiger partial charge in [-0.2, -0.15) is 5.26 Å². The molecule has 0 heterocycles. The molecule has 3 rings (SSSR count). The van der Waals surface area contributed by atoms with Gasteiger partial charge in [0.15, 0.2) is 0 Å². The molecule has 0 N–H and O–H groups in total. The van der Waals surface area contributed by atoms with Gasteiger partial charge in [0.25, 0.3) is 0 Å². The maximum atomic E-state index is 9.69. The Balaban J connectivity index is 2.02. The fourth-order valence-electron chi connectivity index (χ4n) is 3.53. The molecule has 0 saturated heterocycles. The number of nitriles is 1. The van der Waals surface area contributed by atoms with Gasteiger partial charge in [-0.25, -0.2) is 0 Å². The minimum Gasteiger partial charge on any atom is -0.364 e. The van der Waals surface area contributed by atoms with Crippen LogP contribution in [-0.4, -0.2) is 6.21 Å². The van der Waals surface area contributed by atoms with Crippen molar-refractivity contribution < 1.29 is 4.74 Å². The van der Waals surface area contributed by atoms with Crippen LogP contribution >= 0.6 is 0 Å². The lowest BCUT2D eigenvalue weighted by molar-refractivity contribution is 0.0639. The Morgan fingerprint density at radius 1 is 1.03 bits per heavy atom. The molecule has 3 heteroatoms. The Morgan fingerprint density at radius 3 is 2.45 bits per heavy atom. The summed E-state index contributed by atoms with van der Waals surface area (Å²) in [7, 11) is 0. The van der Waals surface area contributed by atoms with Crippen molar-refractivity contribution in [1.29, 1.82) is 5.26 Å². The first-order chi connectivity index (χ1) is 15.0. The SMILES string of the molecule is CC=N/C=C(\C)C(OCc1ccc(C)cc1)c1ccc(C#N)c(-c2ccccc2C)c1. The Labute approximate surface area is 185 Å². The Morgan fingerprint density at radius 2 is 1.77 bits per heavy atom. The highest BCUT2D eigenvalue weighted by molar-refractivity contribution is 5.74. The van der Waals surface area contributed by atoms with Gasteiger partial charge in [0.1, 0.15) is 6.10 Å². The van der Waals surface area contributed by atoms with E-state index in [4.69, 9.17) is 4.74 Å². The molecular weight excluding hydrogens is 380 g/mol. The summed E-state index contributed by atoms with van der Waals surface area (Å²) in [4.78, 5) is 4.29. The van der Waals surface area contributed by atoms with Crippen LogP contribution in [0.15, 0.2) is 83.5 Å². The van der Waals surface area contributed by atoms with Crippen molar-refractivity contribution >= 4 is 6.21 Å². The van der Waals surface area contributed by atoms with Gasteiger partial charge in [0, 0.05) is 18.0 Å². The van der Waals surface area contributed by atoms with Gasteiger partial charge in [0.2, 0.25) is 0 Å². The molecule has 1 unspecified atom stereocenters. The molecule has 0 aromatic heterocycles. The van der Waals surface area contributed by atoms with Crippen molar-refractivity contribution in [2.24, 2.45) is 4.99 Å². The first-order valence-corrected chi connectivity index (χ1v) is 10.4. The van der Waals surface area contributed by atoms with Crippen molar-refractivity contribution in [1.82, 2.24) is 0 Å². The van der Waals surface area contributed by atoms with Crippen LogP contribution in [0.25, 0.3) is 11.1 Å². The van der Waals surface area contributed by atoms with Crippen molar-refractivity contribution in [3.63, 3.8) is 0 Å². The predicted molar refractivity (Wildman–Crippen MR) is 128 cm³/mol. The van der Waals surface area contributed by atoms with Crippen LogP contribution in [0.3, 0.4) is 0 Å². The summed E-state index contributed by atoms with van der Waals surface area (Å²) in [6, 6.07) is 24.8. The molecule has 3 aromatic carbocycles. The molecule has 1 atom stereocenters. The Kier molecular flexibility index (Phi) is 7.54. The summed E-state index contributed by atoms with van der Waals surface area (Å²) >= 11 is 0. The lowest BCUT2D eigenvalue weighted by Gasteiger charge is -2.21. The highest BCUT2D eigenvalue weighted by atomic mass is 16.5. The zero-order valence-electron chi connectivity index (χ0n) is 18.6. The van der Waals surface area contributed by atoms with Crippen molar-refractivity contribution in [2.75, 3.05) is 0 Å². The van der Waals surface area contributed by atoms with Gasteiger partial charge in [-0.05, 0) is 67.7 Å². The lowest BCUT2D eigenvalue weighted by atomic mass is 9.92. The minimum atomic E-state index is -0.263. The second kappa shape index (κ2) is 10.5. The minimum absolute atomic E-state index is 0.263. The number of rotatable bonds is 7. The normalized spacial score (nSPS) is 12.7. The van der Waals surface area contributed by atoms with E-state index in [1.54, 1.807) is 6.21 Å². The van der Waals surface area contributed by atoms with Gasteiger partial charge in [-0.1, -0.05) is 60.2 Å². The summed E-state index contributed by atoms with van der Waals surface area (Å²) in [5.74, 6) is 0. The number of aliphatic imine (C=N–C) groups is 1. The summed E-state index contributed by atoms with van der Waals surface area (Å²) in [6.45, 7) is 8.55. The topological polar surface area (TPSA) is 45.4 Å². The van der Waals surface area contributed by atoms with E-state index in [9.17, 15) is 5.26 Å². The number of nitrogens with zero attached hydrogens (tertiary/aromatic N) is 2. The van der Waals surface area contributed by atoms with Gasteiger partial charge in [-0.3, -0.25) is 4.99 Å². The molecular formula is C28H28N2O. The monoisotopic (exact) mass is 408 g/mol. The Bertz CT molecular complexity index is 1130.